The normalized spacial score (nSPS) is 9.57. The van der Waals surface area contributed by atoms with Gasteiger partial charge in [0.05, 0.1) is 6.08 Å². The number of hydrogen-bond donors (Lipinski definition) is 0. The fourth-order valence-electron chi connectivity index (χ4n) is 0. The molecule has 0 amide bonds. The average molecular weight is 135 g/mol. The third kappa shape index (κ3) is 11.0. The molecule has 0 spiro atoms. The van der Waals surface area contributed by atoms with Gasteiger partial charge in [-0.15, -0.1) is 0 Å². The standard InChI is InChI=1S/C3H2F3.K.H/c1-2-3(4,5)6;;/h1H2;;. The molecule has 0 fully saturated rings. The van der Waals surface area contributed by atoms with Crippen LogP contribution >= 0.6 is 0 Å². The summed E-state index contributed by atoms with van der Waals surface area (Å²) in [5.41, 5.74) is 0. The van der Waals surface area contributed by atoms with E-state index < -0.39 is 6.18 Å². The van der Waals surface area contributed by atoms with Crippen LogP contribution in [0.4, 0.5) is 13.2 Å². The third-order valence-electron chi connectivity index (χ3n) is 0.200. The van der Waals surface area contributed by atoms with Gasteiger partial charge in [-0.25, -0.2) is 0 Å². The van der Waals surface area contributed by atoms with Gasteiger partial charge in [-0.05, 0) is 0 Å². The first kappa shape index (κ1) is 11.0. The quantitative estimate of drug-likeness (QED) is 0.433. The number of hydrogen-bond acceptors (Lipinski definition) is 0. The fourth-order valence-corrected chi connectivity index (χ4v) is 0. The van der Waals surface area contributed by atoms with Crippen LogP contribution in [0, 0.1) is 6.08 Å². The van der Waals surface area contributed by atoms with E-state index in [0.717, 1.165) is 6.08 Å². The molecule has 37 valence electrons. The first-order valence-corrected chi connectivity index (χ1v) is 1.17. The van der Waals surface area contributed by atoms with Crippen LogP contribution in [-0.4, -0.2) is 57.6 Å². The van der Waals surface area contributed by atoms with Crippen molar-refractivity contribution in [1.29, 1.82) is 0 Å². The molecular weight excluding hydrogens is 132 g/mol. The second-order valence-electron chi connectivity index (χ2n) is 0.675. The summed E-state index contributed by atoms with van der Waals surface area (Å²) in [6.45, 7) is 2.38. The Balaban J connectivity index is 0. The molecule has 0 saturated carbocycles. The van der Waals surface area contributed by atoms with Crippen molar-refractivity contribution in [2.75, 3.05) is 0 Å². The van der Waals surface area contributed by atoms with E-state index in [2.05, 4.69) is 6.58 Å². The third-order valence-corrected chi connectivity index (χ3v) is 0.200. The fraction of sp³-hybridized carbons (Fsp3) is 0.333. The zero-order chi connectivity index (χ0) is 5.21. The van der Waals surface area contributed by atoms with Crippen molar-refractivity contribution in [3.8, 4) is 0 Å². The summed E-state index contributed by atoms with van der Waals surface area (Å²) in [6, 6.07) is 0. The molecule has 4 heteroatoms. The number of allylic oxidation sites excluding steroid dienone is 1. The maximum absolute atomic E-state index is 10.6. The summed E-state index contributed by atoms with van der Waals surface area (Å²) < 4.78 is 31.8. The van der Waals surface area contributed by atoms with E-state index in [4.69, 9.17) is 0 Å². The zero-order valence-electron chi connectivity index (χ0n) is 2.84. The molecule has 1 radical (unpaired) electrons. The van der Waals surface area contributed by atoms with Crippen LogP contribution in [-0.2, 0) is 0 Å². The SMILES string of the molecule is C=[C]C(F)(F)F.[KH]. The predicted octanol–water partition coefficient (Wildman–Crippen LogP) is 0.889. The molecule has 7 heavy (non-hydrogen) atoms. The van der Waals surface area contributed by atoms with Gasteiger partial charge >= 0.3 is 57.6 Å². The Morgan fingerprint density at radius 1 is 1.29 bits per heavy atom. The van der Waals surface area contributed by atoms with Crippen molar-refractivity contribution in [2.24, 2.45) is 0 Å². The molecule has 0 nitrogen and oxygen atoms in total. The molecule has 0 N–H and O–H groups in total. The number of alkyl halides is 3. The molecule has 0 aromatic heterocycles. The van der Waals surface area contributed by atoms with Crippen LogP contribution in [0.15, 0.2) is 6.58 Å². The van der Waals surface area contributed by atoms with Gasteiger partial charge in [0, 0.05) is 0 Å². The van der Waals surface area contributed by atoms with E-state index in [1.54, 1.807) is 0 Å². The summed E-state index contributed by atoms with van der Waals surface area (Å²) in [7, 11) is 0. The van der Waals surface area contributed by atoms with Gasteiger partial charge in [0.2, 0.25) is 0 Å². The van der Waals surface area contributed by atoms with Gasteiger partial charge in [-0.1, -0.05) is 6.58 Å². The van der Waals surface area contributed by atoms with Gasteiger partial charge in [-0.2, -0.15) is 13.2 Å². The van der Waals surface area contributed by atoms with Crippen LogP contribution in [0.2, 0.25) is 0 Å². The predicted molar refractivity (Wildman–Crippen MR) is 22.1 cm³/mol. The Bertz CT molecular complexity index is 55.7. The second-order valence-corrected chi connectivity index (χ2v) is 0.675. The second kappa shape index (κ2) is 4.09. The van der Waals surface area contributed by atoms with E-state index in [9.17, 15) is 13.2 Å². The molecule has 0 bridgehead atoms. The topological polar surface area (TPSA) is 0 Å². The van der Waals surface area contributed by atoms with Crippen molar-refractivity contribution in [2.45, 2.75) is 6.18 Å². The van der Waals surface area contributed by atoms with E-state index in [1.165, 1.54) is 0 Å². The molecule has 0 heterocycles. The van der Waals surface area contributed by atoms with Gasteiger partial charge in [0.25, 0.3) is 0 Å². The van der Waals surface area contributed by atoms with Gasteiger partial charge in [-0.3, -0.25) is 0 Å². The van der Waals surface area contributed by atoms with Crippen LogP contribution < -0.4 is 0 Å². The van der Waals surface area contributed by atoms with Crippen molar-refractivity contribution in [3.63, 3.8) is 0 Å². The van der Waals surface area contributed by atoms with Crippen LogP contribution in [0.25, 0.3) is 0 Å². The Morgan fingerprint density at radius 2 is 1.43 bits per heavy atom. The number of rotatable bonds is 0. The van der Waals surface area contributed by atoms with Crippen molar-refractivity contribution in [1.82, 2.24) is 0 Å². The Hall–Kier alpha value is 1.17. The maximum atomic E-state index is 10.6. The molecule has 0 unspecified atom stereocenters. The van der Waals surface area contributed by atoms with E-state index >= 15 is 0 Å². The minimum absolute atomic E-state index is 0. The molecule has 0 aliphatic heterocycles. The Kier molecular flexibility index (Phi) is 6.44. The first-order chi connectivity index (χ1) is 2.56. The Labute approximate surface area is 82.2 Å². The molecule has 0 aromatic rings. The molecular formula is C3H3F3K. The molecule has 0 aliphatic carbocycles. The summed E-state index contributed by atoms with van der Waals surface area (Å²) in [5.74, 6) is 0. The molecule has 0 saturated heterocycles. The molecule has 0 atom stereocenters. The Morgan fingerprint density at radius 3 is 1.43 bits per heavy atom. The minimum atomic E-state index is -4.32. The van der Waals surface area contributed by atoms with Crippen molar-refractivity contribution in [3.05, 3.63) is 12.7 Å². The first-order valence-electron chi connectivity index (χ1n) is 1.17. The molecule has 0 rings (SSSR count). The zero-order valence-corrected chi connectivity index (χ0v) is 2.84. The van der Waals surface area contributed by atoms with Crippen LogP contribution in [0.3, 0.4) is 0 Å². The van der Waals surface area contributed by atoms with Crippen molar-refractivity contribution < 1.29 is 13.2 Å². The summed E-state index contributed by atoms with van der Waals surface area (Å²) in [6.07, 6.45) is -3.47. The van der Waals surface area contributed by atoms with Gasteiger partial charge < -0.3 is 0 Å². The van der Waals surface area contributed by atoms with E-state index in [0.29, 0.717) is 0 Å². The van der Waals surface area contributed by atoms with Crippen LogP contribution in [0.5, 0.6) is 0 Å². The summed E-state index contributed by atoms with van der Waals surface area (Å²) in [5, 5.41) is 0. The van der Waals surface area contributed by atoms with E-state index in [-0.39, 0.29) is 51.4 Å². The number of halogens is 3. The van der Waals surface area contributed by atoms with Crippen LogP contribution in [0.1, 0.15) is 0 Å². The summed E-state index contributed by atoms with van der Waals surface area (Å²) >= 11 is 0. The molecule has 0 aromatic carbocycles. The average Bonchev–Trinajstić information content (AvgIpc) is 1.35. The van der Waals surface area contributed by atoms with Crippen molar-refractivity contribution >= 4 is 51.4 Å². The van der Waals surface area contributed by atoms with E-state index in [1.807, 2.05) is 0 Å². The van der Waals surface area contributed by atoms with Gasteiger partial charge in [0.15, 0.2) is 0 Å². The van der Waals surface area contributed by atoms with Gasteiger partial charge in [0.1, 0.15) is 0 Å². The monoisotopic (exact) mass is 135 g/mol. The molecule has 0 aliphatic rings. The summed E-state index contributed by atoms with van der Waals surface area (Å²) in [4.78, 5) is 0.